The average Bonchev–Trinajstić information content (AvgIpc) is 2.63. The molecule has 0 aliphatic carbocycles. The van der Waals surface area contributed by atoms with Gasteiger partial charge < -0.3 is 0 Å². The molecule has 0 bridgehead atoms. The van der Waals surface area contributed by atoms with Gasteiger partial charge in [0.2, 0.25) is 11.8 Å². The first kappa shape index (κ1) is 12.6. The fourth-order valence-electron chi connectivity index (χ4n) is 2.57. The van der Waals surface area contributed by atoms with Crippen molar-refractivity contribution in [3.8, 4) is 0 Å². The molecule has 1 fully saturated rings. The first-order valence-electron chi connectivity index (χ1n) is 6.19. The number of nitrogens with zero attached hydrogens (tertiary/aromatic N) is 2. The first-order chi connectivity index (χ1) is 9.49. The van der Waals surface area contributed by atoms with Crippen molar-refractivity contribution in [1.82, 2.24) is 14.5 Å². The van der Waals surface area contributed by atoms with Gasteiger partial charge in [0.05, 0.1) is 11.0 Å². The van der Waals surface area contributed by atoms with E-state index < -0.39 is 23.5 Å². The Morgan fingerprint density at radius 2 is 2.00 bits per heavy atom. The van der Waals surface area contributed by atoms with E-state index in [0.717, 1.165) is 0 Å². The lowest BCUT2D eigenvalue weighted by atomic mass is 10.1. The largest absolute Gasteiger partial charge is 0.329 e. The SMILES string of the molecule is Cn1c(=O)n(C2CCC(=O)NC2=O)c2cc(F)ccc21. The smallest absolute Gasteiger partial charge is 0.295 e. The maximum absolute atomic E-state index is 13.4. The summed E-state index contributed by atoms with van der Waals surface area (Å²) in [5.41, 5.74) is 0.494. The third-order valence-corrected chi connectivity index (χ3v) is 3.57. The number of aryl methyl sites for hydroxylation is 1. The highest BCUT2D eigenvalue weighted by Gasteiger charge is 2.31. The van der Waals surface area contributed by atoms with E-state index >= 15 is 0 Å². The molecule has 20 heavy (non-hydrogen) atoms. The lowest BCUT2D eigenvalue weighted by Gasteiger charge is -2.21. The maximum Gasteiger partial charge on any atom is 0.329 e. The Labute approximate surface area is 112 Å². The lowest BCUT2D eigenvalue weighted by Crippen LogP contribution is -2.44. The quantitative estimate of drug-likeness (QED) is 0.769. The van der Waals surface area contributed by atoms with Crippen LogP contribution in [0, 0.1) is 5.82 Å². The number of carbonyl (C=O) groups excluding carboxylic acids is 2. The predicted octanol–water partition coefficient (Wildman–Crippen LogP) is 0.457. The molecule has 0 saturated carbocycles. The third-order valence-electron chi connectivity index (χ3n) is 3.57. The normalized spacial score (nSPS) is 19.4. The van der Waals surface area contributed by atoms with E-state index in [-0.39, 0.29) is 18.7 Å². The molecule has 6 nitrogen and oxygen atoms in total. The summed E-state index contributed by atoms with van der Waals surface area (Å²) in [6.07, 6.45) is 0.398. The van der Waals surface area contributed by atoms with E-state index in [2.05, 4.69) is 5.32 Å². The van der Waals surface area contributed by atoms with Crippen molar-refractivity contribution in [2.75, 3.05) is 0 Å². The Hall–Kier alpha value is -2.44. The van der Waals surface area contributed by atoms with Gasteiger partial charge >= 0.3 is 5.69 Å². The molecule has 104 valence electrons. The number of halogens is 1. The molecule has 1 unspecified atom stereocenters. The summed E-state index contributed by atoms with van der Waals surface area (Å²) in [7, 11) is 1.56. The summed E-state index contributed by atoms with van der Waals surface area (Å²) in [5, 5.41) is 2.20. The van der Waals surface area contributed by atoms with Crippen molar-refractivity contribution in [2.45, 2.75) is 18.9 Å². The number of nitrogens with one attached hydrogen (secondary N) is 1. The molecule has 2 amide bonds. The molecule has 7 heteroatoms. The van der Waals surface area contributed by atoms with Crippen molar-refractivity contribution < 1.29 is 14.0 Å². The third kappa shape index (κ3) is 1.74. The summed E-state index contributed by atoms with van der Waals surface area (Å²) in [6, 6.07) is 3.19. The zero-order valence-electron chi connectivity index (χ0n) is 10.7. The summed E-state index contributed by atoms with van der Waals surface area (Å²) in [6.45, 7) is 0. The Morgan fingerprint density at radius 3 is 2.70 bits per heavy atom. The van der Waals surface area contributed by atoms with E-state index in [9.17, 15) is 18.8 Å². The van der Waals surface area contributed by atoms with Crippen LogP contribution < -0.4 is 11.0 Å². The second kappa shape index (κ2) is 4.29. The minimum Gasteiger partial charge on any atom is -0.295 e. The molecule has 1 aliphatic heterocycles. The summed E-state index contributed by atoms with van der Waals surface area (Å²) in [4.78, 5) is 35.3. The van der Waals surface area contributed by atoms with Crippen LogP contribution in [-0.2, 0) is 16.6 Å². The van der Waals surface area contributed by atoms with Crippen LogP contribution in [0.15, 0.2) is 23.0 Å². The van der Waals surface area contributed by atoms with E-state index in [1.165, 1.54) is 27.3 Å². The van der Waals surface area contributed by atoms with Gasteiger partial charge in [-0.1, -0.05) is 0 Å². The van der Waals surface area contributed by atoms with Gasteiger partial charge in [0.15, 0.2) is 0 Å². The van der Waals surface area contributed by atoms with Crippen LogP contribution in [0.1, 0.15) is 18.9 Å². The maximum atomic E-state index is 13.4. The molecule has 0 spiro atoms. The van der Waals surface area contributed by atoms with Crippen molar-refractivity contribution in [2.24, 2.45) is 7.05 Å². The Kier molecular flexibility index (Phi) is 2.70. The van der Waals surface area contributed by atoms with Crippen molar-refractivity contribution in [1.29, 1.82) is 0 Å². The Bertz CT molecular complexity index is 790. The number of imidazole rings is 1. The van der Waals surface area contributed by atoms with Crippen LogP contribution in [0.4, 0.5) is 4.39 Å². The number of benzene rings is 1. The zero-order chi connectivity index (χ0) is 14.4. The molecule has 1 saturated heterocycles. The molecular formula is C13H12FN3O3. The molecule has 1 atom stereocenters. The monoisotopic (exact) mass is 277 g/mol. The number of fused-ring (bicyclic) bond motifs is 1. The highest BCUT2D eigenvalue weighted by molar-refractivity contribution is 6.00. The summed E-state index contributed by atoms with van der Waals surface area (Å²) < 4.78 is 16.0. The van der Waals surface area contributed by atoms with Crippen LogP contribution in [0.3, 0.4) is 0 Å². The van der Waals surface area contributed by atoms with E-state index in [1.807, 2.05) is 0 Å². The van der Waals surface area contributed by atoms with Crippen LogP contribution in [0.5, 0.6) is 0 Å². The lowest BCUT2D eigenvalue weighted by molar-refractivity contribution is -0.135. The predicted molar refractivity (Wildman–Crippen MR) is 68.6 cm³/mol. The number of hydrogen-bond donors (Lipinski definition) is 1. The molecule has 2 heterocycles. The van der Waals surface area contributed by atoms with E-state index in [4.69, 9.17) is 0 Å². The fraction of sp³-hybridized carbons (Fsp3) is 0.308. The molecule has 1 N–H and O–H groups in total. The van der Waals surface area contributed by atoms with Gasteiger partial charge in [0.1, 0.15) is 11.9 Å². The van der Waals surface area contributed by atoms with Crippen LogP contribution in [-0.4, -0.2) is 20.9 Å². The standard InChI is InChI=1S/C13H12FN3O3/c1-16-8-3-2-7(14)6-10(8)17(13(16)20)9-4-5-11(18)15-12(9)19/h2-3,6,9H,4-5H2,1H3,(H,15,18,19). The number of aromatic nitrogens is 2. The van der Waals surface area contributed by atoms with Gasteiger partial charge in [0.25, 0.3) is 0 Å². The average molecular weight is 277 g/mol. The highest BCUT2D eigenvalue weighted by atomic mass is 19.1. The number of amides is 2. The Morgan fingerprint density at radius 1 is 1.25 bits per heavy atom. The van der Waals surface area contributed by atoms with Crippen LogP contribution in [0.2, 0.25) is 0 Å². The number of rotatable bonds is 1. The van der Waals surface area contributed by atoms with Crippen LogP contribution >= 0.6 is 0 Å². The number of imide groups is 1. The van der Waals surface area contributed by atoms with Crippen molar-refractivity contribution in [3.05, 3.63) is 34.5 Å². The number of hydrogen-bond acceptors (Lipinski definition) is 3. The molecule has 1 aromatic carbocycles. The van der Waals surface area contributed by atoms with E-state index in [0.29, 0.717) is 11.0 Å². The van der Waals surface area contributed by atoms with Gasteiger partial charge in [-0.05, 0) is 24.6 Å². The van der Waals surface area contributed by atoms with Gasteiger partial charge in [0, 0.05) is 13.5 Å². The van der Waals surface area contributed by atoms with E-state index in [1.54, 1.807) is 7.05 Å². The van der Waals surface area contributed by atoms with Crippen LogP contribution in [0.25, 0.3) is 11.0 Å². The van der Waals surface area contributed by atoms with Crippen molar-refractivity contribution >= 4 is 22.8 Å². The molecule has 1 aromatic heterocycles. The minimum absolute atomic E-state index is 0.161. The second-order valence-electron chi connectivity index (χ2n) is 4.81. The summed E-state index contributed by atoms with van der Waals surface area (Å²) in [5.74, 6) is -1.37. The zero-order valence-corrected chi connectivity index (χ0v) is 10.7. The van der Waals surface area contributed by atoms with Gasteiger partial charge in [-0.15, -0.1) is 0 Å². The molecule has 1 aliphatic rings. The fourth-order valence-corrected chi connectivity index (χ4v) is 2.57. The molecule has 3 rings (SSSR count). The van der Waals surface area contributed by atoms with Gasteiger partial charge in [-0.25, -0.2) is 9.18 Å². The number of piperidine rings is 1. The highest BCUT2D eigenvalue weighted by Crippen LogP contribution is 2.23. The molecule has 2 aromatic rings. The Balaban J connectivity index is 2.23. The minimum atomic E-state index is -0.786. The molecule has 0 radical (unpaired) electrons. The van der Waals surface area contributed by atoms with Gasteiger partial charge in [-0.3, -0.25) is 24.0 Å². The summed E-state index contributed by atoms with van der Waals surface area (Å²) >= 11 is 0. The molecular weight excluding hydrogens is 265 g/mol. The van der Waals surface area contributed by atoms with Gasteiger partial charge in [-0.2, -0.15) is 0 Å². The first-order valence-corrected chi connectivity index (χ1v) is 6.19. The number of carbonyl (C=O) groups is 2. The second-order valence-corrected chi connectivity index (χ2v) is 4.81. The van der Waals surface area contributed by atoms with Crippen molar-refractivity contribution in [3.63, 3.8) is 0 Å². The topological polar surface area (TPSA) is 73.1 Å².